The van der Waals surface area contributed by atoms with Gasteiger partial charge in [-0.25, -0.2) is 0 Å². The number of hydrogen-bond donors (Lipinski definition) is 0. The molecule has 1 aromatic carbocycles. The first-order valence-corrected chi connectivity index (χ1v) is 7.49. The molecule has 90 valence electrons. The van der Waals surface area contributed by atoms with Gasteiger partial charge in [0.05, 0.1) is 0 Å². The molecule has 0 heterocycles. The number of rotatable bonds is 8. The Morgan fingerprint density at radius 3 is 2.50 bits per heavy atom. The van der Waals surface area contributed by atoms with Gasteiger partial charge in [-0.2, -0.15) is 0 Å². The fourth-order valence-electron chi connectivity index (χ4n) is 1.68. The maximum absolute atomic E-state index is 2.36. The Labute approximate surface area is 105 Å². The molecule has 0 aliphatic rings. The lowest BCUT2D eigenvalue weighted by atomic mass is 10.0. The van der Waals surface area contributed by atoms with Crippen molar-refractivity contribution in [3.05, 3.63) is 30.3 Å². The Kier molecular flexibility index (Phi) is 7.41. The topological polar surface area (TPSA) is 0 Å². The second-order valence-electron chi connectivity index (χ2n) is 4.52. The average molecular weight is 236 g/mol. The van der Waals surface area contributed by atoms with Crippen LogP contribution in [0, 0.1) is 5.92 Å². The molecule has 1 unspecified atom stereocenters. The van der Waals surface area contributed by atoms with E-state index in [1.165, 1.54) is 42.8 Å². The first-order valence-electron chi connectivity index (χ1n) is 6.50. The second kappa shape index (κ2) is 8.69. The standard InChI is InChI=1S/C15H24S/c1-3-14(2)10-6-5-9-13-16-15-11-7-4-8-12-15/h4,7-8,11-12,14H,3,5-6,9-10,13H2,1-2H3. The van der Waals surface area contributed by atoms with Crippen LogP contribution in [-0.4, -0.2) is 5.75 Å². The number of benzene rings is 1. The summed E-state index contributed by atoms with van der Waals surface area (Å²) in [7, 11) is 0. The smallest absolute Gasteiger partial charge is 0.00719 e. The molecular formula is C15H24S. The highest BCUT2D eigenvalue weighted by atomic mass is 32.2. The Morgan fingerprint density at radius 1 is 1.06 bits per heavy atom. The van der Waals surface area contributed by atoms with Gasteiger partial charge in [0.25, 0.3) is 0 Å². The minimum absolute atomic E-state index is 0.918. The molecule has 1 heteroatoms. The number of unbranched alkanes of at least 4 members (excludes halogenated alkanes) is 2. The van der Waals surface area contributed by atoms with Crippen LogP contribution < -0.4 is 0 Å². The predicted molar refractivity (Wildman–Crippen MR) is 75.1 cm³/mol. The van der Waals surface area contributed by atoms with E-state index in [2.05, 4.69) is 44.2 Å². The van der Waals surface area contributed by atoms with E-state index in [0.29, 0.717) is 0 Å². The van der Waals surface area contributed by atoms with Crippen LogP contribution in [-0.2, 0) is 0 Å². The van der Waals surface area contributed by atoms with Gasteiger partial charge in [-0.1, -0.05) is 57.7 Å². The number of hydrogen-bond acceptors (Lipinski definition) is 1. The zero-order valence-corrected chi connectivity index (χ0v) is 11.4. The lowest BCUT2D eigenvalue weighted by Gasteiger charge is -2.07. The van der Waals surface area contributed by atoms with Crippen LogP contribution in [0.2, 0.25) is 0 Å². The fourth-order valence-corrected chi connectivity index (χ4v) is 2.62. The van der Waals surface area contributed by atoms with Crippen LogP contribution in [0.5, 0.6) is 0 Å². The van der Waals surface area contributed by atoms with E-state index in [-0.39, 0.29) is 0 Å². The SMILES string of the molecule is CCC(C)CCCCCSc1ccccc1. The van der Waals surface area contributed by atoms with Gasteiger partial charge in [-0.05, 0) is 30.2 Å². The van der Waals surface area contributed by atoms with Crippen LogP contribution in [0.3, 0.4) is 0 Å². The summed E-state index contributed by atoms with van der Waals surface area (Å²) in [6.45, 7) is 4.65. The van der Waals surface area contributed by atoms with E-state index in [1.54, 1.807) is 0 Å². The van der Waals surface area contributed by atoms with Crippen molar-refractivity contribution in [2.24, 2.45) is 5.92 Å². The molecule has 0 nitrogen and oxygen atoms in total. The van der Waals surface area contributed by atoms with Gasteiger partial charge in [0.1, 0.15) is 0 Å². The summed E-state index contributed by atoms with van der Waals surface area (Å²) < 4.78 is 0. The summed E-state index contributed by atoms with van der Waals surface area (Å²) in [5.41, 5.74) is 0. The van der Waals surface area contributed by atoms with E-state index in [0.717, 1.165) is 5.92 Å². The largest absolute Gasteiger partial charge is 0.126 e. The third kappa shape index (κ3) is 6.22. The maximum Gasteiger partial charge on any atom is 0.00719 e. The van der Waals surface area contributed by atoms with Gasteiger partial charge in [0, 0.05) is 4.90 Å². The molecule has 0 spiro atoms. The zero-order valence-electron chi connectivity index (χ0n) is 10.6. The Morgan fingerprint density at radius 2 is 1.81 bits per heavy atom. The Hall–Kier alpha value is -0.430. The normalized spacial score (nSPS) is 12.6. The Balaban J connectivity index is 1.96. The summed E-state index contributed by atoms with van der Waals surface area (Å²) in [6, 6.07) is 10.7. The van der Waals surface area contributed by atoms with E-state index in [9.17, 15) is 0 Å². The molecule has 1 rings (SSSR count). The van der Waals surface area contributed by atoms with E-state index < -0.39 is 0 Å². The summed E-state index contributed by atoms with van der Waals surface area (Å²) in [4.78, 5) is 1.41. The van der Waals surface area contributed by atoms with Gasteiger partial charge in [0.15, 0.2) is 0 Å². The summed E-state index contributed by atoms with van der Waals surface area (Å²) >= 11 is 1.99. The molecule has 1 aromatic rings. The molecule has 0 N–H and O–H groups in total. The molecule has 0 saturated heterocycles. The van der Waals surface area contributed by atoms with Crippen LogP contribution in [0.25, 0.3) is 0 Å². The summed E-state index contributed by atoms with van der Waals surface area (Å²) in [6.07, 6.45) is 6.90. The lowest BCUT2D eigenvalue weighted by molar-refractivity contribution is 0.483. The highest BCUT2D eigenvalue weighted by molar-refractivity contribution is 7.99. The van der Waals surface area contributed by atoms with Crippen molar-refractivity contribution in [3.8, 4) is 0 Å². The lowest BCUT2D eigenvalue weighted by Crippen LogP contribution is -1.92. The monoisotopic (exact) mass is 236 g/mol. The van der Waals surface area contributed by atoms with Crippen molar-refractivity contribution >= 4 is 11.8 Å². The minimum atomic E-state index is 0.918. The maximum atomic E-state index is 2.36. The molecule has 1 atom stereocenters. The molecule has 0 saturated carbocycles. The van der Waals surface area contributed by atoms with E-state index in [4.69, 9.17) is 0 Å². The predicted octanol–water partition coefficient (Wildman–Crippen LogP) is 5.39. The van der Waals surface area contributed by atoms with Crippen LogP contribution in [0.15, 0.2) is 35.2 Å². The highest BCUT2D eigenvalue weighted by Gasteiger charge is 1.98. The van der Waals surface area contributed by atoms with Crippen molar-refractivity contribution in [2.45, 2.75) is 50.8 Å². The molecule has 0 bridgehead atoms. The van der Waals surface area contributed by atoms with Crippen molar-refractivity contribution < 1.29 is 0 Å². The molecule has 0 aliphatic carbocycles. The molecule has 0 amide bonds. The van der Waals surface area contributed by atoms with Crippen molar-refractivity contribution in [2.75, 3.05) is 5.75 Å². The third-order valence-corrected chi connectivity index (χ3v) is 4.15. The van der Waals surface area contributed by atoms with Gasteiger partial charge in [0.2, 0.25) is 0 Å². The molecular weight excluding hydrogens is 212 g/mol. The second-order valence-corrected chi connectivity index (χ2v) is 5.69. The fraction of sp³-hybridized carbons (Fsp3) is 0.600. The highest BCUT2D eigenvalue weighted by Crippen LogP contribution is 2.19. The minimum Gasteiger partial charge on any atom is -0.126 e. The van der Waals surface area contributed by atoms with Gasteiger partial charge < -0.3 is 0 Å². The molecule has 0 aromatic heterocycles. The first kappa shape index (κ1) is 13.6. The quantitative estimate of drug-likeness (QED) is 0.431. The van der Waals surface area contributed by atoms with Gasteiger partial charge in [-0.3, -0.25) is 0 Å². The van der Waals surface area contributed by atoms with Gasteiger partial charge in [-0.15, -0.1) is 11.8 Å². The molecule has 0 aliphatic heterocycles. The third-order valence-electron chi connectivity index (χ3n) is 3.05. The molecule has 0 radical (unpaired) electrons. The summed E-state index contributed by atoms with van der Waals surface area (Å²) in [5.74, 6) is 2.19. The van der Waals surface area contributed by atoms with Crippen molar-refractivity contribution in [3.63, 3.8) is 0 Å². The van der Waals surface area contributed by atoms with E-state index in [1.807, 2.05) is 11.8 Å². The van der Waals surface area contributed by atoms with Crippen LogP contribution in [0.4, 0.5) is 0 Å². The first-order chi connectivity index (χ1) is 7.83. The number of thioether (sulfide) groups is 1. The van der Waals surface area contributed by atoms with Crippen LogP contribution >= 0.6 is 11.8 Å². The summed E-state index contributed by atoms with van der Waals surface area (Å²) in [5, 5.41) is 0. The van der Waals surface area contributed by atoms with Crippen molar-refractivity contribution in [1.82, 2.24) is 0 Å². The zero-order chi connectivity index (χ0) is 11.6. The van der Waals surface area contributed by atoms with E-state index >= 15 is 0 Å². The molecule has 16 heavy (non-hydrogen) atoms. The van der Waals surface area contributed by atoms with Gasteiger partial charge >= 0.3 is 0 Å². The Bertz CT molecular complexity index is 255. The average Bonchev–Trinajstić information content (AvgIpc) is 2.34. The molecule has 0 fully saturated rings. The van der Waals surface area contributed by atoms with Crippen LogP contribution in [0.1, 0.15) is 46.0 Å². The van der Waals surface area contributed by atoms with Crippen molar-refractivity contribution in [1.29, 1.82) is 0 Å².